The van der Waals surface area contributed by atoms with Crippen LogP contribution in [0.15, 0.2) is 12.2 Å². The molecule has 7 atom stereocenters. The van der Waals surface area contributed by atoms with Crippen molar-refractivity contribution in [3.05, 3.63) is 12.2 Å². The molecular weight excluding hydrogens is 328 g/mol. The summed E-state index contributed by atoms with van der Waals surface area (Å²) in [5.41, 5.74) is -0.462. The summed E-state index contributed by atoms with van der Waals surface area (Å²) in [6.45, 7) is 8.60. The maximum Gasteiger partial charge on any atom is 0.302 e. The SMILES string of the molecule is CC(=O)O[C@H]1C[C@@H]2C(C)(C)CCC[C@@]2(C)[C@@H]2C[C@@H](O)[C@]3(CO)C=C[C@]12C3. The van der Waals surface area contributed by atoms with E-state index in [2.05, 4.69) is 26.8 Å². The van der Waals surface area contributed by atoms with Gasteiger partial charge in [0.1, 0.15) is 6.10 Å². The smallest absolute Gasteiger partial charge is 0.302 e. The first-order chi connectivity index (χ1) is 12.1. The Hall–Kier alpha value is -0.870. The van der Waals surface area contributed by atoms with Gasteiger partial charge in [-0.05, 0) is 54.8 Å². The zero-order chi connectivity index (χ0) is 19.0. The number of hydrogen-bond donors (Lipinski definition) is 2. The van der Waals surface area contributed by atoms with Gasteiger partial charge in [-0.2, -0.15) is 0 Å². The fraction of sp³-hybridized carbons (Fsp3) is 0.864. The van der Waals surface area contributed by atoms with Crippen LogP contribution in [0.25, 0.3) is 0 Å². The van der Waals surface area contributed by atoms with Crippen LogP contribution in [0.5, 0.6) is 0 Å². The van der Waals surface area contributed by atoms with Crippen LogP contribution in [0.3, 0.4) is 0 Å². The van der Waals surface area contributed by atoms with E-state index in [0.29, 0.717) is 18.8 Å². The number of fused-ring (bicyclic) bond motifs is 3. The Morgan fingerprint density at radius 3 is 2.54 bits per heavy atom. The van der Waals surface area contributed by atoms with Gasteiger partial charge in [0.2, 0.25) is 0 Å². The molecule has 1 spiro atoms. The zero-order valence-corrected chi connectivity index (χ0v) is 16.6. The van der Waals surface area contributed by atoms with Gasteiger partial charge in [0.25, 0.3) is 0 Å². The highest BCUT2D eigenvalue weighted by molar-refractivity contribution is 5.66. The molecule has 0 aliphatic heterocycles. The predicted molar refractivity (Wildman–Crippen MR) is 99.2 cm³/mol. The minimum absolute atomic E-state index is 0.0441. The summed E-state index contributed by atoms with van der Waals surface area (Å²) in [6.07, 6.45) is 9.44. The highest BCUT2D eigenvalue weighted by atomic mass is 16.5. The van der Waals surface area contributed by atoms with Crippen molar-refractivity contribution in [3.63, 3.8) is 0 Å². The zero-order valence-electron chi connectivity index (χ0n) is 16.6. The second-order valence-corrected chi connectivity index (χ2v) is 10.6. The molecule has 0 unspecified atom stereocenters. The lowest BCUT2D eigenvalue weighted by Gasteiger charge is -2.66. The van der Waals surface area contributed by atoms with Crippen LogP contribution in [-0.4, -0.2) is 35.0 Å². The Morgan fingerprint density at radius 1 is 1.15 bits per heavy atom. The molecule has 0 radical (unpaired) electrons. The number of hydrogen-bond acceptors (Lipinski definition) is 4. The summed E-state index contributed by atoms with van der Waals surface area (Å²) in [5.74, 6) is 0.541. The van der Waals surface area contributed by atoms with Crippen LogP contribution in [0.2, 0.25) is 0 Å². The second kappa shape index (κ2) is 5.57. The van der Waals surface area contributed by atoms with Crippen molar-refractivity contribution >= 4 is 5.97 Å². The van der Waals surface area contributed by atoms with E-state index in [-0.39, 0.29) is 40.8 Å². The van der Waals surface area contributed by atoms with Crippen molar-refractivity contribution in [3.8, 4) is 0 Å². The largest absolute Gasteiger partial charge is 0.462 e. The Balaban J connectivity index is 1.82. The summed E-state index contributed by atoms with van der Waals surface area (Å²) in [4.78, 5) is 11.9. The molecule has 3 saturated carbocycles. The van der Waals surface area contributed by atoms with Gasteiger partial charge in [-0.25, -0.2) is 0 Å². The fourth-order valence-electron chi connectivity index (χ4n) is 7.66. The van der Waals surface area contributed by atoms with Gasteiger partial charge in [0, 0.05) is 17.8 Å². The number of ether oxygens (including phenoxy) is 1. The molecule has 4 aliphatic rings. The van der Waals surface area contributed by atoms with Crippen molar-refractivity contribution in [2.24, 2.45) is 33.5 Å². The summed E-state index contributed by atoms with van der Waals surface area (Å²) in [5, 5.41) is 21.0. The monoisotopic (exact) mass is 362 g/mol. The Kier molecular flexibility index (Phi) is 3.96. The normalized spacial score (nSPS) is 51.5. The lowest BCUT2D eigenvalue weighted by Crippen LogP contribution is -2.64. The third-order valence-corrected chi connectivity index (χ3v) is 8.86. The van der Waals surface area contributed by atoms with Gasteiger partial charge in [0.15, 0.2) is 0 Å². The molecule has 4 nitrogen and oxygen atoms in total. The summed E-state index contributed by atoms with van der Waals surface area (Å²) < 4.78 is 5.94. The first kappa shape index (κ1) is 18.5. The molecule has 0 aromatic carbocycles. The van der Waals surface area contributed by atoms with Crippen LogP contribution >= 0.6 is 0 Å². The van der Waals surface area contributed by atoms with Crippen molar-refractivity contribution in [2.75, 3.05) is 6.61 Å². The molecule has 0 heterocycles. The number of rotatable bonds is 2. The number of aliphatic hydroxyl groups is 2. The van der Waals surface area contributed by atoms with Crippen LogP contribution in [-0.2, 0) is 9.53 Å². The average molecular weight is 363 g/mol. The quantitative estimate of drug-likeness (QED) is 0.583. The lowest BCUT2D eigenvalue weighted by molar-refractivity contribution is -0.222. The average Bonchev–Trinajstić information content (AvgIpc) is 2.89. The molecule has 0 aromatic heterocycles. The van der Waals surface area contributed by atoms with E-state index in [1.165, 1.54) is 26.2 Å². The summed E-state index contributed by atoms with van der Waals surface area (Å²) in [6, 6.07) is 0. The topological polar surface area (TPSA) is 66.8 Å². The van der Waals surface area contributed by atoms with Crippen molar-refractivity contribution in [2.45, 2.75) is 78.4 Å². The third-order valence-electron chi connectivity index (χ3n) is 8.86. The van der Waals surface area contributed by atoms with Gasteiger partial charge in [-0.15, -0.1) is 0 Å². The first-order valence-corrected chi connectivity index (χ1v) is 10.3. The predicted octanol–water partition coefficient (Wildman–Crippen LogP) is 3.46. The molecule has 2 N–H and O–H groups in total. The maximum atomic E-state index is 11.9. The number of carbonyl (C=O) groups excluding carboxylic acids is 1. The standard InChI is InChI=1S/C22H34O4/c1-14(24)26-18-11-15-19(2,3)6-5-7-20(15,4)16-10-17(25)21(13-23)8-9-22(16,18)12-21/h8-9,15-18,23,25H,5-7,10-13H2,1-4H3/t15-,16+,17-,18+,20-,21-,22-/m1/s1. The number of carbonyl (C=O) groups is 1. The van der Waals surface area contributed by atoms with Crippen LogP contribution in [0.1, 0.15) is 66.2 Å². The van der Waals surface area contributed by atoms with E-state index < -0.39 is 11.5 Å². The first-order valence-electron chi connectivity index (χ1n) is 10.3. The molecule has 0 saturated heterocycles. The van der Waals surface area contributed by atoms with Crippen LogP contribution in [0, 0.1) is 33.5 Å². The number of aliphatic hydroxyl groups excluding tert-OH is 2. The van der Waals surface area contributed by atoms with Gasteiger partial charge >= 0.3 is 5.97 Å². The molecule has 0 amide bonds. The summed E-state index contributed by atoms with van der Waals surface area (Å²) in [7, 11) is 0. The van der Waals surface area contributed by atoms with Crippen molar-refractivity contribution in [1.82, 2.24) is 0 Å². The van der Waals surface area contributed by atoms with Gasteiger partial charge in [-0.3, -0.25) is 4.79 Å². The van der Waals surface area contributed by atoms with Crippen molar-refractivity contribution in [1.29, 1.82) is 0 Å². The van der Waals surface area contributed by atoms with Crippen LogP contribution < -0.4 is 0 Å². The van der Waals surface area contributed by atoms with Gasteiger partial charge in [-0.1, -0.05) is 39.3 Å². The molecule has 4 heteroatoms. The molecule has 0 aromatic rings. The third kappa shape index (κ3) is 2.24. The second-order valence-electron chi connectivity index (χ2n) is 10.6. The molecule has 3 fully saturated rings. The highest BCUT2D eigenvalue weighted by Crippen LogP contribution is 2.72. The fourth-order valence-corrected chi connectivity index (χ4v) is 7.66. The van der Waals surface area contributed by atoms with Crippen molar-refractivity contribution < 1.29 is 19.7 Å². The van der Waals surface area contributed by atoms with E-state index in [1.54, 1.807) is 0 Å². The van der Waals surface area contributed by atoms with E-state index in [1.807, 2.05) is 6.08 Å². The van der Waals surface area contributed by atoms with E-state index in [0.717, 1.165) is 6.42 Å². The molecular formula is C22H34O4. The molecule has 146 valence electrons. The molecule has 26 heavy (non-hydrogen) atoms. The van der Waals surface area contributed by atoms with E-state index >= 15 is 0 Å². The Labute approximate surface area is 157 Å². The summed E-state index contributed by atoms with van der Waals surface area (Å²) >= 11 is 0. The number of esters is 1. The minimum Gasteiger partial charge on any atom is -0.462 e. The Morgan fingerprint density at radius 2 is 1.88 bits per heavy atom. The van der Waals surface area contributed by atoms with Crippen LogP contribution in [0.4, 0.5) is 0 Å². The van der Waals surface area contributed by atoms with E-state index in [4.69, 9.17) is 4.74 Å². The molecule has 4 aliphatic carbocycles. The van der Waals surface area contributed by atoms with E-state index in [9.17, 15) is 15.0 Å². The maximum absolute atomic E-state index is 11.9. The lowest BCUT2D eigenvalue weighted by atomic mass is 9.39. The molecule has 4 rings (SSSR count). The van der Waals surface area contributed by atoms with Gasteiger partial charge in [0.05, 0.1) is 12.7 Å². The van der Waals surface area contributed by atoms with Gasteiger partial charge < -0.3 is 14.9 Å². The Bertz CT molecular complexity index is 640. The minimum atomic E-state index is -0.567. The molecule has 2 bridgehead atoms. The highest BCUT2D eigenvalue weighted by Gasteiger charge is 2.69.